The van der Waals surface area contributed by atoms with Crippen LogP contribution in [0.25, 0.3) is 10.9 Å². The Morgan fingerprint density at radius 2 is 1.68 bits per heavy atom. The van der Waals surface area contributed by atoms with Gasteiger partial charge in [0.1, 0.15) is 0 Å². The Kier molecular flexibility index (Phi) is 3.04. The Bertz CT molecular complexity index is 1090. The summed E-state index contributed by atoms with van der Waals surface area (Å²) in [6, 6.07) is 16.9. The summed E-state index contributed by atoms with van der Waals surface area (Å²) in [5.74, 6) is 0. The van der Waals surface area contributed by atoms with Gasteiger partial charge in [-0.3, -0.25) is 4.90 Å². The van der Waals surface area contributed by atoms with E-state index >= 15 is 0 Å². The number of carbonyl (C=O) groups is 1. The molecule has 0 radical (unpaired) electrons. The summed E-state index contributed by atoms with van der Waals surface area (Å²) in [7, 11) is 2.21. The van der Waals surface area contributed by atoms with Gasteiger partial charge in [-0.25, -0.2) is 4.79 Å². The van der Waals surface area contributed by atoms with Gasteiger partial charge >= 0.3 is 6.03 Å². The third-order valence-corrected chi connectivity index (χ3v) is 7.38. The molecule has 5 heteroatoms. The van der Waals surface area contributed by atoms with Crippen LogP contribution < -0.4 is 15.1 Å². The molecule has 2 amide bonds. The largest absolute Gasteiger partial charge is 0.364 e. The molecule has 3 aromatic rings. The molecule has 2 fully saturated rings. The molecule has 0 atom stereocenters. The molecular weight excluding hydrogens is 348 g/mol. The number of nitrogens with zero attached hydrogens (tertiary/aromatic N) is 2. The second-order valence-electron chi connectivity index (χ2n) is 8.62. The van der Waals surface area contributed by atoms with Crippen LogP contribution >= 0.6 is 0 Å². The zero-order chi connectivity index (χ0) is 18.9. The molecule has 0 bridgehead atoms. The lowest BCUT2D eigenvalue weighted by Gasteiger charge is -2.58. The summed E-state index contributed by atoms with van der Waals surface area (Å²) in [5.41, 5.74) is 4.92. The summed E-state index contributed by atoms with van der Waals surface area (Å²) < 4.78 is 0. The van der Waals surface area contributed by atoms with Crippen LogP contribution in [0.3, 0.4) is 0 Å². The number of nitrogens with one attached hydrogen (secondary N) is 2. The number of rotatable bonds is 1. The maximum atomic E-state index is 12.9. The van der Waals surface area contributed by atoms with E-state index in [-0.39, 0.29) is 17.1 Å². The zero-order valence-corrected chi connectivity index (χ0v) is 16.0. The Morgan fingerprint density at radius 1 is 0.929 bits per heavy atom. The van der Waals surface area contributed by atoms with Crippen LogP contribution in [0.1, 0.15) is 31.2 Å². The topological polar surface area (TPSA) is 51.4 Å². The monoisotopic (exact) mass is 372 g/mol. The molecule has 142 valence electrons. The SMILES string of the molecule is CN1c2ccccc2[C@]12CC[C@]1(CC2)CN(c2c[nH]c3ccccc23)C(=O)N1. The third kappa shape index (κ3) is 1.94. The molecule has 1 aromatic heterocycles. The number of benzene rings is 2. The number of carbonyl (C=O) groups excluding carboxylic acids is 1. The summed E-state index contributed by atoms with van der Waals surface area (Å²) >= 11 is 0. The molecule has 6 rings (SSSR count). The minimum Gasteiger partial charge on any atom is -0.364 e. The molecular formula is C23H24N4O. The van der Waals surface area contributed by atoms with Crippen molar-refractivity contribution in [3.63, 3.8) is 0 Å². The van der Waals surface area contributed by atoms with E-state index in [0.717, 1.165) is 48.8 Å². The summed E-state index contributed by atoms with van der Waals surface area (Å²) in [5, 5.41) is 4.46. The van der Waals surface area contributed by atoms with Crippen LogP contribution in [0.2, 0.25) is 0 Å². The molecule has 2 aromatic carbocycles. The maximum Gasteiger partial charge on any atom is 0.322 e. The Labute approximate surface area is 164 Å². The lowest BCUT2D eigenvalue weighted by molar-refractivity contribution is 0.174. The van der Waals surface area contributed by atoms with Gasteiger partial charge in [0.25, 0.3) is 0 Å². The van der Waals surface area contributed by atoms with Crippen molar-refractivity contribution in [1.82, 2.24) is 10.3 Å². The number of urea groups is 1. The number of hydrogen-bond acceptors (Lipinski definition) is 2. The van der Waals surface area contributed by atoms with Gasteiger partial charge in [-0.2, -0.15) is 0 Å². The first kappa shape index (κ1) is 16.0. The molecule has 2 N–H and O–H groups in total. The van der Waals surface area contributed by atoms with E-state index < -0.39 is 0 Å². The van der Waals surface area contributed by atoms with E-state index in [0.29, 0.717) is 0 Å². The summed E-state index contributed by atoms with van der Waals surface area (Å²) in [4.78, 5) is 20.6. The van der Waals surface area contributed by atoms with Gasteiger partial charge in [-0.05, 0) is 37.8 Å². The number of hydrogen-bond donors (Lipinski definition) is 2. The van der Waals surface area contributed by atoms with Gasteiger partial charge in [0.15, 0.2) is 0 Å². The third-order valence-electron chi connectivity index (χ3n) is 7.38. The Balaban J connectivity index is 1.27. The van der Waals surface area contributed by atoms with Crippen LogP contribution in [-0.2, 0) is 5.54 Å². The molecule has 2 spiro atoms. The van der Waals surface area contributed by atoms with E-state index in [4.69, 9.17) is 0 Å². The Morgan fingerprint density at radius 3 is 2.54 bits per heavy atom. The number of H-pyrrole nitrogens is 1. The maximum absolute atomic E-state index is 12.9. The fourth-order valence-corrected chi connectivity index (χ4v) is 5.73. The van der Waals surface area contributed by atoms with Crippen LogP contribution in [-0.4, -0.2) is 30.1 Å². The van der Waals surface area contributed by atoms with E-state index in [9.17, 15) is 4.79 Å². The molecule has 1 saturated heterocycles. The van der Waals surface area contributed by atoms with Gasteiger partial charge in [0.2, 0.25) is 0 Å². The van der Waals surface area contributed by atoms with E-state index in [2.05, 4.69) is 58.6 Å². The van der Waals surface area contributed by atoms with Crippen molar-refractivity contribution in [1.29, 1.82) is 0 Å². The molecule has 1 aliphatic carbocycles. The lowest BCUT2D eigenvalue weighted by Crippen LogP contribution is -2.59. The van der Waals surface area contributed by atoms with Crippen LogP contribution in [0.5, 0.6) is 0 Å². The number of amides is 2. The van der Waals surface area contributed by atoms with Crippen molar-refractivity contribution in [3.8, 4) is 0 Å². The average molecular weight is 372 g/mol. The van der Waals surface area contributed by atoms with Gasteiger partial charge < -0.3 is 15.2 Å². The normalized spacial score (nSPS) is 28.7. The number of aromatic amines is 1. The van der Waals surface area contributed by atoms with E-state index in [1.165, 1.54) is 11.3 Å². The molecule has 28 heavy (non-hydrogen) atoms. The molecule has 3 heterocycles. The van der Waals surface area contributed by atoms with Gasteiger partial charge in [0, 0.05) is 35.4 Å². The minimum atomic E-state index is -0.119. The van der Waals surface area contributed by atoms with E-state index in [1.54, 1.807) is 0 Å². The fraction of sp³-hybridized carbons (Fsp3) is 0.348. The van der Waals surface area contributed by atoms with Crippen molar-refractivity contribution in [2.45, 2.75) is 36.8 Å². The highest BCUT2D eigenvalue weighted by Gasteiger charge is 2.55. The number of para-hydroxylation sites is 2. The molecule has 0 unspecified atom stereocenters. The standard InChI is InChI=1S/C23H24N4O/c1-26-19-9-5-3-7-17(19)23(26)12-10-22(11-13-23)15-27(21(28)25-22)20-14-24-18-8-4-2-6-16(18)20/h2-9,14,24H,10-13,15H2,1H3,(H,25,28)/t22-,23+. The Hall–Kier alpha value is -2.95. The first-order valence-electron chi connectivity index (χ1n) is 10.1. The van der Waals surface area contributed by atoms with Crippen molar-refractivity contribution in [3.05, 3.63) is 60.3 Å². The first-order valence-corrected chi connectivity index (χ1v) is 10.1. The molecule has 2 aliphatic heterocycles. The quantitative estimate of drug-likeness (QED) is 0.667. The second kappa shape index (κ2) is 5.31. The minimum absolute atomic E-state index is 0.0306. The van der Waals surface area contributed by atoms with Gasteiger partial charge in [0.05, 0.1) is 23.3 Å². The van der Waals surface area contributed by atoms with Crippen molar-refractivity contribution in [2.75, 3.05) is 23.4 Å². The average Bonchev–Trinajstić information content (AvgIpc) is 3.29. The predicted molar refractivity (Wildman–Crippen MR) is 112 cm³/mol. The molecule has 3 aliphatic rings. The van der Waals surface area contributed by atoms with Crippen molar-refractivity contribution < 1.29 is 4.79 Å². The molecule has 5 nitrogen and oxygen atoms in total. The molecule has 1 saturated carbocycles. The van der Waals surface area contributed by atoms with Crippen LogP contribution in [0.15, 0.2) is 54.7 Å². The van der Waals surface area contributed by atoms with E-state index in [1.807, 2.05) is 23.2 Å². The summed E-state index contributed by atoms with van der Waals surface area (Å²) in [6.07, 6.45) is 6.15. The highest BCUT2D eigenvalue weighted by Crippen LogP contribution is 2.56. The first-order chi connectivity index (χ1) is 13.6. The fourth-order valence-electron chi connectivity index (χ4n) is 5.73. The van der Waals surface area contributed by atoms with Gasteiger partial charge in [-0.15, -0.1) is 0 Å². The number of anilines is 2. The second-order valence-corrected chi connectivity index (χ2v) is 8.62. The highest BCUT2D eigenvalue weighted by atomic mass is 16.2. The summed E-state index contributed by atoms with van der Waals surface area (Å²) in [6.45, 7) is 0.745. The van der Waals surface area contributed by atoms with Crippen molar-refractivity contribution >= 4 is 28.3 Å². The van der Waals surface area contributed by atoms with Crippen LogP contribution in [0.4, 0.5) is 16.2 Å². The predicted octanol–water partition coefficient (Wildman–Crippen LogP) is 4.36. The van der Waals surface area contributed by atoms with Gasteiger partial charge in [-0.1, -0.05) is 36.4 Å². The van der Waals surface area contributed by atoms with Crippen LogP contribution in [0, 0.1) is 0 Å². The highest BCUT2D eigenvalue weighted by molar-refractivity contribution is 6.04. The number of aromatic nitrogens is 1. The lowest BCUT2D eigenvalue weighted by atomic mass is 9.64. The smallest absolute Gasteiger partial charge is 0.322 e. The zero-order valence-electron chi connectivity index (χ0n) is 16.0. The number of fused-ring (bicyclic) bond motifs is 3. The van der Waals surface area contributed by atoms with Crippen molar-refractivity contribution in [2.24, 2.45) is 0 Å².